The number of pyridine rings is 1. The Hall–Kier alpha value is -3.67. The van der Waals surface area contributed by atoms with Gasteiger partial charge < -0.3 is 14.8 Å². The molecule has 0 aliphatic heterocycles. The molecule has 2 aromatic carbocycles. The van der Waals surface area contributed by atoms with Crippen LogP contribution in [0, 0.1) is 0 Å². The van der Waals surface area contributed by atoms with Gasteiger partial charge in [-0.15, -0.1) is 0 Å². The van der Waals surface area contributed by atoms with Gasteiger partial charge in [-0.1, -0.05) is 31.2 Å². The van der Waals surface area contributed by atoms with E-state index in [9.17, 15) is 9.59 Å². The molecule has 1 aromatic heterocycles. The summed E-state index contributed by atoms with van der Waals surface area (Å²) in [6.07, 6.45) is 3.12. The molecule has 6 nitrogen and oxygen atoms in total. The van der Waals surface area contributed by atoms with E-state index in [2.05, 4.69) is 17.2 Å². The van der Waals surface area contributed by atoms with Crippen molar-refractivity contribution in [2.24, 2.45) is 0 Å². The highest BCUT2D eigenvalue weighted by Crippen LogP contribution is 2.25. The van der Waals surface area contributed by atoms with Gasteiger partial charge in [0.15, 0.2) is 6.10 Å². The van der Waals surface area contributed by atoms with Crippen LogP contribution >= 0.6 is 0 Å². The maximum absolute atomic E-state index is 12.6. The third-order valence-corrected chi connectivity index (χ3v) is 4.25. The molecule has 29 heavy (non-hydrogen) atoms. The summed E-state index contributed by atoms with van der Waals surface area (Å²) in [5, 5.41) is 2.75. The Labute approximate surface area is 169 Å². The lowest BCUT2D eigenvalue weighted by atomic mass is 10.1. The summed E-state index contributed by atoms with van der Waals surface area (Å²) in [5.41, 5.74) is 2.05. The van der Waals surface area contributed by atoms with Gasteiger partial charge in [0.25, 0.3) is 5.91 Å². The van der Waals surface area contributed by atoms with Crippen molar-refractivity contribution in [3.8, 4) is 11.5 Å². The summed E-state index contributed by atoms with van der Waals surface area (Å²) >= 11 is 0. The molecule has 0 spiro atoms. The highest BCUT2D eigenvalue weighted by atomic mass is 16.5. The second-order valence-electron chi connectivity index (χ2n) is 6.37. The molecule has 1 unspecified atom stereocenters. The van der Waals surface area contributed by atoms with Gasteiger partial charge in [-0.2, -0.15) is 0 Å². The zero-order valence-corrected chi connectivity index (χ0v) is 16.3. The van der Waals surface area contributed by atoms with Crippen molar-refractivity contribution in [2.75, 3.05) is 5.32 Å². The van der Waals surface area contributed by atoms with Crippen LogP contribution in [-0.4, -0.2) is 23.0 Å². The van der Waals surface area contributed by atoms with Crippen molar-refractivity contribution in [1.29, 1.82) is 0 Å². The van der Waals surface area contributed by atoms with Crippen molar-refractivity contribution in [2.45, 2.75) is 26.4 Å². The molecule has 0 aliphatic rings. The maximum atomic E-state index is 12.6. The minimum atomic E-state index is -0.972. The van der Waals surface area contributed by atoms with Crippen LogP contribution in [0.5, 0.6) is 11.5 Å². The van der Waals surface area contributed by atoms with Gasteiger partial charge in [0.05, 0.1) is 6.20 Å². The number of nitrogens with one attached hydrogen (secondary N) is 1. The Bertz CT molecular complexity index is 972. The Balaban J connectivity index is 1.65. The largest absolute Gasteiger partial charge is 0.455 e. The molecular weight excluding hydrogens is 368 g/mol. The lowest BCUT2D eigenvalue weighted by Gasteiger charge is -2.15. The Kier molecular flexibility index (Phi) is 6.58. The molecular formula is C23H22N2O4. The normalized spacial score (nSPS) is 11.4. The zero-order valence-electron chi connectivity index (χ0n) is 16.3. The number of aryl methyl sites for hydroxylation is 1. The maximum Gasteiger partial charge on any atom is 0.342 e. The van der Waals surface area contributed by atoms with Crippen LogP contribution in [0.3, 0.4) is 0 Å². The standard InChI is InChI=1S/C23H22N2O4/c1-3-17-10-12-18(13-11-17)25-22(26)16(2)28-23(27)20-8-4-5-9-21(20)29-19-7-6-14-24-15-19/h4-16H,3H2,1-2H3,(H,25,26). The fourth-order valence-electron chi connectivity index (χ4n) is 2.60. The highest BCUT2D eigenvalue weighted by molar-refractivity contribution is 5.98. The number of benzene rings is 2. The van der Waals surface area contributed by atoms with Crippen LogP contribution in [0.1, 0.15) is 29.8 Å². The van der Waals surface area contributed by atoms with E-state index in [0.717, 1.165) is 6.42 Å². The summed E-state index contributed by atoms with van der Waals surface area (Å²) in [7, 11) is 0. The third kappa shape index (κ3) is 5.42. The van der Waals surface area contributed by atoms with E-state index in [1.54, 1.807) is 48.8 Å². The summed E-state index contributed by atoms with van der Waals surface area (Å²) in [5.74, 6) is -0.232. The minimum Gasteiger partial charge on any atom is -0.455 e. The van der Waals surface area contributed by atoms with Crippen molar-refractivity contribution < 1.29 is 19.1 Å². The van der Waals surface area contributed by atoms with Gasteiger partial charge in [0, 0.05) is 11.9 Å². The van der Waals surface area contributed by atoms with E-state index >= 15 is 0 Å². The van der Waals surface area contributed by atoms with Crippen LogP contribution < -0.4 is 10.1 Å². The van der Waals surface area contributed by atoms with Crippen LogP contribution in [-0.2, 0) is 16.0 Å². The molecule has 3 aromatic rings. The zero-order chi connectivity index (χ0) is 20.6. The molecule has 0 radical (unpaired) electrons. The quantitative estimate of drug-likeness (QED) is 0.596. The number of esters is 1. The number of rotatable bonds is 7. The topological polar surface area (TPSA) is 77.5 Å². The van der Waals surface area contributed by atoms with E-state index in [0.29, 0.717) is 17.2 Å². The smallest absolute Gasteiger partial charge is 0.342 e. The number of aromatic nitrogens is 1. The lowest BCUT2D eigenvalue weighted by Crippen LogP contribution is -2.30. The number of para-hydroxylation sites is 1. The fourth-order valence-corrected chi connectivity index (χ4v) is 2.60. The van der Waals surface area contributed by atoms with Gasteiger partial charge in [-0.25, -0.2) is 4.79 Å². The molecule has 148 valence electrons. The molecule has 0 bridgehead atoms. The highest BCUT2D eigenvalue weighted by Gasteiger charge is 2.21. The first-order chi connectivity index (χ1) is 14.1. The van der Waals surface area contributed by atoms with E-state index in [-0.39, 0.29) is 5.56 Å². The van der Waals surface area contributed by atoms with E-state index in [1.165, 1.54) is 12.5 Å². The fraction of sp³-hybridized carbons (Fsp3) is 0.174. The molecule has 0 aliphatic carbocycles. The van der Waals surface area contributed by atoms with Gasteiger partial charge in [-0.3, -0.25) is 9.78 Å². The first kappa shape index (κ1) is 20.1. The average Bonchev–Trinajstić information content (AvgIpc) is 2.75. The van der Waals surface area contributed by atoms with Gasteiger partial charge in [0.1, 0.15) is 17.1 Å². The van der Waals surface area contributed by atoms with Crippen LogP contribution in [0.25, 0.3) is 0 Å². The first-order valence-corrected chi connectivity index (χ1v) is 9.34. The van der Waals surface area contributed by atoms with Gasteiger partial charge in [0.2, 0.25) is 0 Å². The summed E-state index contributed by atoms with van der Waals surface area (Å²) in [6.45, 7) is 3.59. The van der Waals surface area contributed by atoms with Gasteiger partial charge >= 0.3 is 5.97 Å². The second-order valence-corrected chi connectivity index (χ2v) is 6.37. The summed E-state index contributed by atoms with van der Waals surface area (Å²) < 4.78 is 11.1. The molecule has 6 heteroatoms. The van der Waals surface area contributed by atoms with Gasteiger partial charge in [-0.05, 0) is 55.3 Å². The number of amides is 1. The molecule has 1 atom stereocenters. The Morgan fingerprint density at radius 3 is 2.48 bits per heavy atom. The van der Waals surface area contributed by atoms with E-state index in [4.69, 9.17) is 9.47 Å². The number of ether oxygens (including phenoxy) is 2. The molecule has 1 N–H and O–H groups in total. The van der Waals surface area contributed by atoms with Crippen LogP contribution in [0.4, 0.5) is 5.69 Å². The first-order valence-electron chi connectivity index (χ1n) is 9.34. The molecule has 0 saturated heterocycles. The molecule has 0 fully saturated rings. The lowest BCUT2D eigenvalue weighted by molar-refractivity contribution is -0.123. The number of anilines is 1. The average molecular weight is 390 g/mol. The van der Waals surface area contributed by atoms with Crippen LogP contribution in [0.2, 0.25) is 0 Å². The predicted molar refractivity (Wildman–Crippen MR) is 110 cm³/mol. The summed E-state index contributed by atoms with van der Waals surface area (Å²) in [6, 6.07) is 17.7. The third-order valence-electron chi connectivity index (χ3n) is 4.25. The number of nitrogens with zero attached hydrogens (tertiary/aromatic N) is 1. The Morgan fingerprint density at radius 2 is 1.79 bits per heavy atom. The minimum absolute atomic E-state index is 0.225. The Morgan fingerprint density at radius 1 is 1.03 bits per heavy atom. The number of hydrogen-bond donors (Lipinski definition) is 1. The van der Waals surface area contributed by atoms with E-state index in [1.807, 2.05) is 24.3 Å². The van der Waals surface area contributed by atoms with Crippen molar-refractivity contribution in [3.05, 3.63) is 84.2 Å². The number of carbonyl (C=O) groups excluding carboxylic acids is 2. The van der Waals surface area contributed by atoms with Crippen molar-refractivity contribution >= 4 is 17.6 Å². The second kappa shape index (κ2) is 9.50. The number of carbonyl (C=O) groups is 2. The van der Waals surface area contributed by atoms with Crippen LogP contribution in [0.15, 0.2) is 73.1 Å². The van der Waals surface area contributed by atoms with Crippen molar-refractivity contribution in [1.82, 2.24) is 4.98 Å². The molecule has 1 amide bonds. The molecule has 3 rings (SSSR count). The molecule has 1 heterocycles. The monoisotopic (exact) mass is 390 g/mol. The van der Waals surface area contributed by atoms with Crippen molar-refractivity contribution in [3.63, 3.8) is 0 Å². The van der Waals surface area contributed by atoms with E-state index < -0.39 is 18.0 Å². The summed E-state index contributed by atoms with van der Waals surface area (Å²) in [4.78, 5) is 29.0. The molecule has 0 saturated carbocycles. The SMILES string of the molecule is CCc1ccc(NC(=O)C(C)OC(=O)c2ccccc2Oc2cccnc2)cc1. The number of hydrogen-bond acceptors (Lipinski definition) is 5. The predicted octanol–water partition coefficient (Wildman–Crippen LogP) is 4.62.